The van der Waals surface area contributed by atoms with Gasteiger partial charge in [0.1, 0.15) is 6.04 Å². The molecule has 0 spiro atoms. The number of carboxylic acids is 1. The van der Waals surface area contributed by atoms with Crippen LogP contribution in [0.5, 0.6) is 0 Å². The standard InChI is InChI=1S/C11H23NO3/c1-3-5-9(6-7-13)8-12-10(4-2)11(14)15/h9-10,12-13H,3-8H2,1-2H3,(H,14,15). The van der Waals surface area contributed by atoms with Gasteiger partial charge in [-0.25, -0.2) is 0 Å². The van der Waals surface area contributed by atoms with Crippen molar-refractivity contribution in [2.45, 2.75) is 45.6 Å². The molecule has 0 bridgehead atoms. The Bertz CT molecular complexity index is 167. The second-order valence-corrected chi connectivity index (χ2v) is 3.87. The van der Waals surface area contributed by atoms with Gasteiger partial charge in [0.2, 0.25) is 0 Å². The van der Waals surface area contributed by atoms with E-state index in [4.69, 9.17) is 10.2 Å². The Morgan fingerprint density at radius 1 is 1.33 bits per heavy atom. The summed E-state index contributed by atoms with van der Waals surface area (Å²) in [6, 6.07) is -0.456. The predicted molar refractivity (Wildman–Crippen MR) is 59.8 cm³/mol. The van der Waals surface area contributed by atoms with Crippen LogP contribution in [-0.2, 0) is 4.79 Å². The van der Waals surface area contributed by atoms with Crippen molar-refractivity contribution in [2.24, 2.45) is 5.92 Å². The molecule has 0 heterocycles. The zero-order valence-corrected chi connectivity index (χ0v) is 9.70. The highest BCUT2D eigenvalue weighted by molar-refractivity contribution is 5.73. The van der Waals surface area contributed by atoms with Crippen molar-refractivity contribution >= 4 is 5.97 Å². The van der Waals surface area contributed by atoms with Gasteiger partial charge in [-0.15, -0.1) is 0 Å². The SMILES string of the molecule is CCCC(CCO)CNC(CC)C(=O)O. The van der Waals surface area contributed by atoms with Crippen LogP contribution in [0.1, 0.15) is 39.5 Å². The number of carboxylic acid groups (broad SMARTS) is 1. The fourth-order valence-electron chi connectivity index (χ4n) is 1.65. The molecule has 0 aliphatic carbocycles. The Morgan fingerprint density at radius 2 is 2.00 bits per heavy atom. The molecular formula is C11H23NO3. The molecule has 0 saturated heterocycles. The highest BCUT2D eigenvalue weighted by Gasteiger charge is 2.16. The molecule has 0 fully saturated rings. The quantitative estimate of drug-likeness (QED) is 0.543. The zero-order valence-electron chi connectivity index (χ0n) is 9.70. The second kappa shape index (κ2) is 8.68. The van der Waals surface area contributed by atoms with Gasteiger partial charge in [0.25, 0.3) is 0 Å². The largest absolute Gasteiger partial charge is 0.480 e. The Hall–Kier alpha value is -0.610. The molecule has 4 heteroatoms. The first-order valence-corrected chi connectivity index (χ1v) is 5.72. The lowest BCUT2D eigenvalue weighted by atomic mass is 9.99. The lowest BCUT2D eigenvalue weighted by molar-refractivity contribution is -0.139. The van der Waals surface area contributed by atoms with Crippen molar-refractivity contribution < 1.29 is 15.0 Å². The summed E-state index contributed by atoms with van der Waals surface area (Å²) in [5.74, 6) is -0.412. The van der Waals surface area contributed by atoms with Crippen molar-refractivity contribution in [3.63, 3.8) is 0 Å². The number of aliphatic carboxylic acids is 1. The first-order chi connectivity index (χ1) is 7.15. The molecule has 4 nitrogen and oxygen atoms in total. The van der Waals surface area contributed by atoms with Gasteiger partial charge < -0.3 is 15.5 Å². The van der Waals surface area contributed by atoms with E-state index < -0.39 is 12.0 Å². The summed E-state index contributed by atoms with van der Waals surface area (Å²) >= 11 is 0. The molecule has 0 aromatic heterocycles. The second-order valence-electron chi connectivity index (χ2n) is 3.87. The van der Waals surface area contributed by atoms with Crippen molar-refractivity contribution in [1.82, 2.24) is 5.32 Å². The van der Waals surface area contributed by atoms with Gasteiger partial charge in [0.05, 0.1) is 0 Å². The average molecular weight is 217 g/mol. The van der Waals surface area contributed by atoms with Crippen LogP contribution in [0.2, 0.25) is 0 Å². The summed E-state index contributed by atoms with van der Waals surface area (Å²) in [5, 5.41) is 20.7. The van der Waals surface area contributed by atoms with Crippen molar-refractivity contribution in [3.8, 4) is 0 Å². The third-order valence-corrected chi connectivity index (χ3v) is 2.59. The number of nitrogens with one attached hydrogen (secondary N) is 1. The highest BCUT2D eigenvalue weighted by atomic mass is 16.4. The lowest BCUT2D eigenvalue weighted by Crippen LogP contribution is -2.39. The molecule has 0 aliphatic rings. The molecule has 2 atom stereocenters. The summed E-state index contributed by atoms with van der Waals surface area (Å²) in [6.07, 6.45) is 3.43. The molecule has 0 aromatic carbocycles. The molecule has 3 N–H and O–H groups in total. The van der Waals surface area contributed by atoms with Gasteiger partial charge >= 0.3 is 5.97 Å². The molecule has 2 unspecified atom stereocenters. The number of carbonyl (C=O) groups is 1. The molecule has 0 rings (SSSR count). The van der Waals surface area contributed by atoms with E-state index in [1.807, 2.05) is 6.92 Å². The number of hydrogen-bond acceptors (Lipinski definition) is 3. The van der Waals surface area contributed by atoms with Crippen LogP contribution in [0.4, 0.5) is 0 Å². The minimum Gasteiger partial charge on any atom is -0.480 e. The molecule has 0 aromatic rings. The van der Waals surface area contributed by atoms with Crippen LogP contribution >= 0.6 is 0 Å². The molecule has 90 valence electrons. The van der Waals surface area contributed by atoms with E-state index in [1.165, 1.54) is 0 Å². The Balaban J connectivity index is 3.89. The zero-order chi connectivity index (χ0) is 11.7. The van der Waals surface area contributed by atoms with Crippen LogP contribution in [-0.4, -0.2) is 35.4 Å². The summed E-state index contributed by atoms with van der Waals surface area (Å²) in [5.41, 5.74) is 0. The van der Waals surface area contributed by atoms with Crippen molar-refractivity contribution in [2.75, 3.05) is 13.2 Å². The molecular weight excluding hydrogens is 194 g/mol. The first kappa shape index (κ1) is 14.4. The lowest BCUT2D eigenvalue weighted by Gasteiger charge is -2.18. The van der Waals surface area contributed by atoms with Gasteiger partial charge in [0, 0.05) is 6.61 Å². The van der Waals surface area contributed by atoms with Gasteiger partial charge in [-0.3, -0.25) is 4.79 Å². The van der Waals surface area contributed by atoms with E-state index in [0.29, 0.717) is 18.9 Å². The normalized spacial score (nSPS) is 14.9. The van der Waals surface area contributed by atoms with Crippen LogP contribution in [0.3, 0.4) is 0 Å². The number of hydrogen-bond donors (Lipinski definition) is 3. The minimum atomic E-state index is -0.795. The molecule has 0 amide bonds. The van der Waals surface area contributed by atoms with Gasteiger partial charge in [-0.2, -0.15) is 0 Å². The van der Waals surface area contributed by atoms with Crippen molar-refractivity contribution in [1.29, 1.82) is 0 Å². The average Bonchev–Trinajstić information content (AvgIpc) is 2.18. The van der Waals surface area contributed by atoms with E-state index in [0.717, 1.165) is 19.3 Å². The third-order valence-electron chi connectivity index (χ3n) is 2.59. The van der Waals surface area contributed by atoms with Gasteiger partial charge in [0.15, 0.2) is 0 Å². The monoisotopic (exact) mass is 217 g/mol. The minimum absolute atomic E-state index is 0.177. The summed E-state index contributed by atoms with van der Waals surface area (Å²) < 4.78 is 0. The van der Waals surface area contributed by atoms with E-state index in [9.17, 15) is 4.79 Å². The predicted octanol–water partition coefficient (Wildman–Crippen LogP) is 1.24. The van der Waals surface area contributed by atoms with E-state index >= 15 is 0 Å². The van der Waals surface area contributed by atoms with Gasteiger partial charge in [-0.05, 0) is 31.7 Å². The Morgan fingerprint density at radius 3 is 2.40 bits per heavy atom. The fraction of sp³-hybridized carbons (Fsp3) is 0.909. The fourth-order valence-corrected chi connectivity index (χ4v) is 1.65. The van der Waals surface area contributed by atoms with E-state index in [1.54, 1.807) is 0 Å². The van der Waals surface area contributed by atoms with Gasteiger partial charge in [-0.1, -0.05) is 20.3 Å². The maximum atomic E-state index is 10.7. The van der Waals surface area contributed by atoms with E-state index in [-0.39, 0.29) is 6.61 Å². The van der Waals surface area contributed by atoms with Crippen molar-refractivity contribution in [3.05, 3.63) is 0 Å². The smallest absolute Gasteiger partial charge is 0.320 e. The van der Waals surface area contributed by atoms with Crippen LogP contribution in [0, 0.1) is 5.92 Å². The van der Waals surface area contributed by atoms with Crippen LogP contribution < -0.4 is 5.32 Å². The number of rotatable bonds is 9. The molecule has 15 heavy (non-hydrogen) atoms. The van der Waals surface area contributed by atoms with Crippen LogP contribution in [0.15, 0.2) is 0 Å². The number of aliphatic hydroxyl groups excluding tert-OH is 1. The molecule has 0 saturated carbocycles. The third kappa shape index (κ3) is 6.47. The maximum absolute atomic E-state index is 10.7. The Kier molecular flexibility index (Phi) is 8.33. The Labute approximate surface area is 91.7 Å². The highest BCUT2D eigenvalue weighted by Crippen LogP contribution is 2.09. The van der Waals surface area contributed by atoms with E-state index in [2.05, 4.69) is 12.2 Å². The summed E-state index contributed by atoms with van der Waals surface area (Å²) in [4.78, 5) is 10.7. The summed E-state index contributed by atoms with van der Waals surface area (Å²) in [7, 11) is 0. The molecule has 0 aliphatic heterocycles. The topological polar surface area (TPSA) is 69.6 Å². The van der Waals surface area contributed by atoms with Crippen LogP contribution in [0.25, 0.3) is 0 Å². The first-order valence-electron chi connectivity index (χ1n) is 5.72. The number of aliphatic hydroxyl groups is 1. The maximum Gasteiger partial charge on any atom is 0.320 e. The molecule has 0 radical (unpaired) electrons. The summed E-state index contributed by atoms with van der Waals surface area (Å²) in [6.45, 7) is 4.81.